The molecule has 1 aromatic rings. The average molecular weight is 283 g/mol. The van der Waals surface area contributed by atoms with Gasteiger partial charge < -0.3 is 19.2 Å². The highest BCUT2D eigenvalue weighted by atomic mass is 16.5. The molecule has 0 fully saturated rings. The summed E-state index contributed by atoms with van der Waals surface area (Å²) in [6.07, 6.45) is 2.00. The van der Waals surface area contributed by atoms with Gasteiger partial charge in [0, 0.05) is 13.7 Å². The standard InChI is InChI=1S/C16H29NO3/c1-6-8-17-11-15-13(2)10-14(20-15)12-19-9-7-16(3,4)18-5/h10,17H,6-9,11-12H2,1-5H3. The molecule has 0 atom stereocenters. The zero-order chi connectivity index (χ0) is 15.0. The van der Waals surface area contributed by atoms with E-state index in [1.165, 1.54) is 5.56 Å². The molecule has 1 N–H and O–H groups in total. The average Bonchev–Trinajstić information content (AvgIpc) is 2.76. The summed E-state index contributed by atoms with van der Waals surface area (Å²) in [5.41, 5.74) is 1.05. The van der Waals surface area contributed by atoms with Crippen molar-refractivity contribution in [2.24, 2.45) is 0 Å². The Morgan fingerprint density at radius 3 is 2.75 bits per heavy atom. The smallest absolute Gasteiger partial charge is 0.130 e. The van der Waals surface area contributed by atoms with E-state index in [4.69, 9.17) is 13.9 Å². The maximum atomic E-state index is 5.80. The molecule has 4 heteroatoms. The Labute approximate surface area is 122 Å². The van der Waals surface area contributed by atoms with Crippen molar-refractivity contribution in [3.05, 3.63) is 23.2 Å². The molecule has 0 saturated carbocycles. The van der Waals surface area contributed by atoms with Gasteiger partial charge >= 0.3 is 0 Å². The Morgan fingerprint density at radius 2 is 2.10 bits per heavy atom. The number of methoxy groups -OCH3 is 1. The van der Waals surface area contributed by atoms with Crippen molar-refractivity contribution >= 4 is 0 Å². The molecular formula is C16H29NO3. The van der Waals surface area contributed by atoms with E-state index in [-0.39, 0.29) is 5.60 Å². The van der Waals surface area contributed by atoms with Gasteiger partial charge in [-0.3, -0.25) is 0 Å². The Bertz CT molecular complexity index is 385. The fourth-order valence-electron chi connectivity index (χ4n) is 1.81. The lowest BCUT2D eigenvalue weighted by atomic mass is 10.1. The van der Waals surface area contributed by atoms with Gasteiger partial charge in [0.1, 0.15) is 18.1 Å². The maximum absolute atomic E-state index is 5.80. The molecule has 0 radical (unpaired) electrons. The first kappa shape index (κ1) is 17.2. The molecule has 0 aromatic carbocycles. The van der Waals surface area contributed by atoms with Gasteiger partial charge in [-0.1, -0.05) is 6.92 Å². The lowest BCUT2D eigenvalue weighted by molar-refractivity contribution is -0.0144. The molecular weight excluding hydrogens is 254 g/mol. The van der Waals surface area contributed by atoms with Crippen LogP contribution in [0.1, 0.15) is 50.7 Å². The third kappa shape index (κ3) is 6.07. The van der Waals surface area contributed by atoms with E-state index < -0.39 is 0 Å². The first-order chi connectivity index (χ1) is 9.48. The van der Waals surface area contributed by atoms with Gasteiger partial charge in [-0.05, 0) is 51.8 Å². The summed E-state index contributed by atoms with van der Waals surface area (Å²) >= 11 is 0. The van der Waals surface area contributed by atoms with Crippen LogP contribution in [0.15, 0.2) is 10.5 Å². The summed E-state index contributed by atoms with van der Waals surface area (Å²) in [7, 11) is 1.73. The van der Waals surface area contributed by atoms with Gasteiger partial charge in [0.2, 0.25) is 0 Å². The number of furan rings is 1. The first-order valence-electron chi connectivity index (χ1n) is 7.40. The Morgan fingerprint density at radius 1 is 1.35 bits per heavy atom. The summed E-state index contributed by atoms with van der Waals surface area (Å²) in [4.78, 5) is 0. The highest BCUT2D eigenvalue weighted by Gasteiger charge is 2.16. The number of aryl methyl sites for hydroxylation is 1. The third-order valence-electron chi connectivity index (χ3n) is 3.43. The summed E-state index contributed by atoms with van der Waals surface area (Å²) in [5, 5.41) is 3.35. The normalized spacial score (nSPS) is 12.1. The van der Waals surface area contributed by atoms with E-state index >= 15 is 0 Å². The van der Waals surface area contributed by atoms with Crippen LogP contribution in [0.3, 0.4) is 0 Å². The molecule has 116 valence electrons. The second-order valence-corrected chi connectivity index (χ2v) is 5.76. The van der Waals surface area contributed by atoms with Crippen LogP contribution >= 0.6 is 0 Å². The van der Waals surface area contributed by atoms with Crippen LogP contribution < -0.4 is 5.32 Å². The lowest BCUT2D eigenvalue weighted by Crippen LogP contribution is -2.24. The van der Waals surface area contributed by atoms with Gasteiger partial charge in [0.15, 0.2) is 0 Å². The molecule has 0 bridgehead atoms. The molecule has 0 aliphatic carbocycles. The predicted molar refractivity (Wildman–Crippen MR) is 80.8 cm³/mol. The van der Waals surface area contributed by atoms with E-state index in [2.05, 4.69) is 39.1 Å². The minimum atomic E-state index is -0.131. The van der Waals surface area contributed by atoms with Gasteiger partial charge in [0.25, 0.3) is 0 Å². The van der Waals surface area contributed by atoms with Crippen molar-refractivity contribution in [3.8, 4) is 0 Å². The van der Waals surface area contributed by atoms with E-state index in [1.807, 2.05) is 0 Å². The second kappa shape index (κ2) is 8.45. The monoisotopic (exact) mass is 283 g/mol. The van der Waals surface area contributed by atoms with Crippen molar-refractivity contribution in [2.45, 2.75) is 59.3 Å². The van der Waals surface area contributed by atoms with E-state index in [0.29, 0.717) is 13.2 Å². The molecule has 1 heterocycles. The molecule has 0 aliphatic heterocycles. The van der Waals surface area contributed by atoms with Crippen LogP contribution in [-0.4, -0.2) is 25.9 Å². The van der Waals surface area contributed by atoms with Crippen LogP contribution in [0.5, 0.6) is 0 Å². The molecule has 20 heavy (non-hydrogen) atoms. The molecule has 1 rings (SSSR count). The van der Waals surface area contributed by atoms with Gasteiger partial charge in [-0.15, -0.1) is 0 Å². The zero-order valence-electron chi connectivity index (χ0n) is 13.5. The molecule has 0 aliphatic rings. The van der Waals surface area contributed by atoms with Crippen molar-refractivity contribution in [2.75, 3.05) is 20.3 Å². The van der Waals surface area contributed by atoms with Crippen molar-refractivity contribution in [3.63, 3.8) is 0 Å². The minimum absolute atomic E-state index is 0.131. The highest BCUT2D eigenvalue weighted by Crippen LogP contribution is 2.17. The fourth-order valence-corrected chi connectivity index (χ4v) is 1.81. The molecule has 0 spiro atoms. The maximum Gasteiger partial charge on any atom is 0.130 e. The fraction of sp³-hybridized carbons (Fsp3) is 0.750. The largest absolute Gasteiger partial charge is 0.462 e. The molecule has 0 amide bonds. The second-order valence-electron chi connectivity index (χ2n) is 5.76. The molecule has 0 saturated heterocycles. The van der Waals surface area contributed by atoms with E-state index in [9.17, 15) is 0 Å². The molecule has 1 aromatic heterocycles. The summed E-state index contributed by atoms with van der Waals surface area (Å²) in [5.74, 6) is 1.90. The third-order valence-corrected chi connectivity index (χ3v) is 3.43. The number of hydrogen-bond acceptors (Lipinski definition) is 4. The summed E-state index contributed by atoms with van der Waals surface area (Å²) in [6.45, 7) is 11.3. The molecule has 4 nitrogen and oxygen atoms in total. The van der Waals surface area contributed by atoms with E-state index in [0.717, 1.165) is 37.5 Å². The first-order valence-corrected chi connectivity index (χ1v) is 7.40. The minimum Gasteiger partial charge on any atom is -0.462 e. The highest BCUT2D eigenvalue weighted by molar-refractivity contribution is 5.19. The number of hydrogen-bond donors (Lipinski definition) is 1. The zero-order valence-corrected chi connectivity index (χ0v) is 13.5. The van der Waals surface area contributed by atoms with Crippen LogP contribution in [-0.2, 0) is 22.6 Å². The van der Waals surface area contributed by atoms with Crippen LogP contribution in [0.2, 0.25) is 0 Å². The number of rotatable bonds is 10. The SMILES string of the molecule is CCCNCc1oc(COCCC(C)(C)OC)cc1C. The van der Waals surface area contributed by atoms with Crippen LogP contribution in [0.4, 0.5) is 0 Å². The van der Waals surface area contributed by atoms with Crippen molar-refractivity contribution < 1.29 is 13.9 Å². The van der Waals surface area contributed by atoms with Crippen LogP contribution in [0, 0.1) is 6.92 Å². The van der Waals surface area contributed by atoms with Crippen molar-refractivity contribution in [1.82, 2.24) is 5.32 Å². The Kier molecular flexibility index (Phi) is 7.27. The quantitative estimate of drug-likeness (QED) is 0.668. The Balaban J connectivity index is 2.32. The van der Waals surface area contributed by atoms with Crippen LogP contribution in [0.25, 0.3) is 0 Å². The Hall–Kier alpha value is -0.840. The van der Waals surface area contributed by atoms with E-state index in [1.54, 1.807) is 7.11 Å². The number of ether oxygens (including phenoxy) is 2. The topological polar surface area (TPSA) is 43.6 Å². The number of nitrogens with one attached hydrogen (secondary N) is 1. The summed E-state index contributed by atoms with van der Waals surface area (Å²) < 4.78 is 16.8. The van der Waals surface area contributed by atoms with Gasteiger partial charge in [-0.2, -0.15) is 0 Å². The lowest BCUT2D eigenvalue weighted by Gasteiger charge is -2.22. The van der Waals surface area contributed by atoms with Gasteiger partial charge in [0.05, 0.1) is 12.1 Å². The predicted octanol–water partition coefficient (Wildman–Crippen LogP) is 3.42. The summed E-state index contributed by atoms with van der Waals surface area (Å²) in [6, 6.07) is 2.06. The molecule has 0 unspecified atom stereocenters. The van der Waals surface area contributed by atoms with Gasteiger partial charge in [-0.25, -0.2) is 0 Å². The van der Waals surface area contributed by atoms with Crippen molar-refractivity contribution in [1.29, 1.82) is 0 Å².